The number of hydrogen-bond acceptors (Lipinski definition) is 7. The minimum atomic E-state index is -0.472. The Bertz CT molecular complexity index is 1020. The van der Waals surface area contributed by atoms with Crippen LogP contribution in [-0.4, -0.2) is 28.9 Å². The van der Waals surface area contributed by atoms with Gasteiger partial charge in [0.2, 0.25) is 17.8 Å². The number of urea groups is 1. The summed E-state index contributed by atoms with van der Waals surface area (Å²) in [7, 11) is 0. The molecule has 9 nitrogen and oxygen atoms in total. The third-order valence-corrected chi connectivity index (χ3v) is 4.80. The van der Waals surface area contributed by atoms with E-state index in [2.05, 4.69) is 26.1 Å². The molecule has 0 atom stereocenters. The Kier molecular flexibility index (Phi) is 5.52. The molecule has 0 unspecified atom stereocenters. The predicted molar refractivity (Wildman–Crippen MR) is 107 cm³/mol. The highest BCUT2D eigenvalue weighted by molar-refractivity contribution is 7.15. The van der Waals surface area contributed by atoms with Crippen molar-refractivity contribution in [2.24, 2.45) is 0 Å². The van der Waals surface area contributed by atoms with Crippen molar-refractivity contribution in [2.75, 3.05) is 17.4 Å². The summed E-state index contributed by atoms with van der Waals surface area (Å²) in [6.45, 7) is 0.610. The number of anilines is 2. The summed E-state index contributed by atoms with van der Waals surface area (Å²) in [5, 5.41) is 16.8. The molecular weight excluding hydrogens is 394 g/mol. The Morgan fingerprint density at radius 3 is 2.69 bits per heavy atom. The van der Waals surface area contributed by atoms with Crippen LogP contribution in [0.25, 0.3) is 0 Å². The molecule has 148 valence electrons. The molecule has 3 amide bonds. The van der Waals surface area contributed by atoms with Crippen molar-refractivity contribution >= 4 is 34.1 Å². The summed E-state index contributed by atoms with van der Waals surface area (Å²) in [4.78, 5) is 24.2. The minimum Gasteiger partial charge on any atom is -0.454 e. The van der Waals surface area contributed by atoms with Crippen molar-refractivity contribution in [3.05, 3.63) is 59.1 Å². The van der Waals surface area contributed by atoms with E-state index in [0.29, 0.717) is 33.9 Å². The molecule has 0 spiro atoms. The first-order valence-corrected chi connectivity index (χ1v) is 9.58. The number of nitrogens with one attached hydrogen (secondary N) is 3. The van der Waals surface area contributed by atoms with Gasteiger partial charge in [0.1, 0.15) is 5.01 Å². The van der Waals surface area contributed by atoms with Crippen LogP contribution in [0.2, 0.25) is 0 Å². The van der Waals surface area contributed by atoms with Crippen LogP contribution in [0, 0.1) is 0 Å². The molecule has 1 aromatic heterocycles. The average Bonchev–Trinajstić information content (AvgIpc) is 3.36. The van der Waals surface area contributed by atoms with Crippen LogP contribution in [0.1, 0.15) is 10.6 Å². The second kappa shape index (κ2) is 8.57. The van der Waals surface area contributed by atoms with Crippen molar-refractivity contribution in [3.8, 4) is 11.5 Å². The molecule has 0 saturated heterocycles. The van der Waals surface area contributed by atoms with Gasteiger partial charge in [0.25, 0.3) is 0 Å². The monoisotopic (exact) mass is 411 g/mol. The van der Waals surface area contributed by atoms with Gasteiger partial charge in [-0.3, -0.25) is 10.1 Å². The predicted octanol–water partition coefficient (Wildman–Crippen LogP) is 2.77. The Labute approximate surface area is 170 Å². The van der Waals surface area contributed by atoms with E-state index in [1.54, 1.807) is 18.2 Å². The van der Waals surface area contributed by atoms with Crippen molar-refractivity contribution < 1.29 is 19.1 Å². The lowest BCUT2D eigenvalue weighted by Crippen LogP contribution is -2.24. The minimum absolute atomic E-state index is 0.0932. The Morgan fingerprint density at radius 2 is 1.83 bits per heavy atom. The molecule has 0 bridgehead atoms. The molecule has 1 aliphatic rings. The standard InChI is InChI=1S/C19H17N5O4S/c25-16(20-10-12-4-2-1-3-5-12)9-17-23-24-19(29-17)22-18(26)21-13-6-7-14-15(8-13)28-11-27-14/h1-8H,9-11H2,(H,20,25)(H2,21,22,24,26). The number of hydrogen-bond donors (Lipinski definition) is 3. The number of amides is 3. The van der Waals surface area contributed by atoms with Gasteiger partial charge in [0.05, 0.1) is 6.42 Å². The number of nitrogens with zero attached hydrogens (tertiary/aromatic N) is 2. The first-order valence-electron chi connectivity index (χ1n) is 8.76. The molecule has 2 aromatic carbocycles. The third kappa shape index (κ3) is 4.99. The van der Waals surface area contributed by atoms with Crippen LogP contribution >= 0.6 is 11.3 Å². The Balaban J connectivity index is 1.26. The summed E-state index contributed by atoms with van der Waals surface area (Å²) in [6, 6.07) is 14.2. The maximum Gasteiger partial charge on any atom is 0.325 e. The van der Waals surface area contributed by atoms with Crippen LogP contribution < -0.4 is 25.4 Å². The molecule has 10 heteroatoms. The van der Waals surface area contributed by atoms with E-state index in [0.717, 1.165) is 16.9 Å². The summed E-state index contributed by atoms with van der Waals surface area (Å²) in [5.74, 6) is 1.04. The lowest BCUT2D eigenvalue weighted by atomic mass is 10.2. The highest BCUT2D eigenvalue weighted by Crippen LogP contribution is 2.34. The fourth-order valence-electron chi connectivity index (χ4n) is 2.61. The fourth-order valence-corrected chi connectivity index (χ4v) is 3.34. The van der Waals surface area contributed by atoms with Crippen LogP contribution in [0.15, 0.2) is 48.5 Å². The number of carbonyl (C=O) groups excluding carboxylic acids is 2. The van der Waals surface area contributed by atoms with E-state index in [-0.39, 0.29) is 19.1 Å². The quantitative estimate of drug-likeness (QED) is 0.575. The largest absolute Gasteiger partial charge is 0.454 e. The van der Waals surface area contributed by atoms with E-state index in [1.807, 2.05) is 30.3 Å². The maximum atomic E-state index is 12.1. The van der Waals surface area contributed by atoms with Crippen molar-refractivity contribution in [1.29, 1.82) is 0 Å². The van der Waals surface area contributed by atoms with E-state index in [9.17, 15) is 9.59 Å². The second-order valence-corrected chi connectivity index (χ2v) is 7.15. The third-order valence-electron chi connectivity index (χ3n) is 3.96. The van der Waals surface area contributed by atoms with Crippen LogP contribution in [0.5, 0.6) is 11.5 Å². The Hall–Kier alpha value is -3.66. The lowest BCUT2D eigenvalue weighted by molar-refractivity contribution is -0.120. The summed E-state index contributed by atoms with van der Waals surface area (Å²) < 4.78 is 10.5. The van der Waals surface area contributed by atoms with Gasteiger partial charge in [-0.2, -0.15) is 0 Å². The zero-order valence-electron chi connectivity index (χ0n) is 15.2. The molecule has 0 aliphatic carbocycles. The molecule has 1 aliphatic heterocycles. The molecule has 0 fully saturated rings. The van der Waals surface area contributed by atoms with E-state index < -0.39 is 6.03 Å². The molecule has 3 N–H and O–H groups in total. The molecule has 3 aromatic rings. The number of aromatic nitrogens is 2. The fraction of sp³-hybridized carbons (Fsp3) is 0.158. The van der Waals surface area contributed by atoms with Gasteiger partial charge in [-0.25, -0.2) is 4.79 Å². The highest BCUT2D eigenvalue weighted by atomic mass is 32.1. The smallest absolute Gasteiger partial charge is 0.325 e. The number of rotatable bonds is 6. The van der Waals surface area contributed by atoms with Crippen molar-refractivity contribution in [2.45, 2.75) is 13.0 Å². The number of benzene rings is 2. The van der Waals surface area contributed by atoms with E-state index in [1.165, 1.54) is 0 Å². The van der Waals surface area contributed by atoms with Crippen LogP contribution in [-0.2, 0) is 17.8 Å². The number of ether oxygens (including phenoxy) is 2. The SMILES string of the molecule is O=C(Cc1nnc(NC(=O)Nc2ccc3c(c2)OCO3)s1)NCc1ccccc1. The number of carbonyl (C=O) groups is 2. The van der Waals surface area contributed by atoms with E-state index >= 15 is 0 Å². The van der Waals surface area contributed by atoms with Gasteiger partial charge in [0, 0.05) is 18.3 Å². The van der Waals surface area contributed by atoms with Gasteiger partial charge >= 0.3 is 6.03 Å². The molecule has 0 saturated carbocycles. The van der Waals surface area contributed by atoms with Crippen LogP contribution in [0.4, 0.5) is 15.6 Å². The Morgan fingerprint density at radius 1 is 1.00 bits per heavy atom. The normalized spacial score (nSPS) is 11.7. The summed E-state index contributed by atoms with van der Waals surface area (Å²) >= 11 is 1.14. The molecule has 29 heavy (non-hydrogen) atoms. The van der Waals surface area contributed by atoms with Gasteiger partial charge in [-0.1, -0.05) is 41.7 Å². The van der Waals surface area contributed by atoms with Gasteiger partial charge in [-0.15, -0.1) is 10.2 Å². The zero-order valence-corrected chi connectivity index (χ0v) is 16.0. The molecular formula is C19H17N5O4S. The number of fused-ring (bicyclic) bond motifs is 1. The second-order valence-electron chi connectivity index (χ2n) is 6.09. The van der Waals surface area contributed by atoms with Gasteiger partial charge in [-0.05, 0) is 17.7 Å². The summed E-state index contributed by atoms with van der Waals surface area (Å²) in [6.07, 6.45) is 0.0932. The first-order chi connectivity index (χ1) is 14.2. The van der Waals surface area contributed by atoms with E-state index in [4.69, 9.17) is 9.47 Å². The average molecular weight is 411 g/mol. The molecule has 2 heterocycles. The summed E-state index contributed by atoms with van der Waals surface area (Å²) in [5.41, 5.74) is 1.57. The first kappa shape index (κ1) is 18.7. The maximum absolute atomic E-state index is 12.1. The van der Waals surface area contributed by atoms with Gasteiger partial charge in [0.15, 0.2) is 11.5 Å². The highest BCUT2D eigenvalue weighted by Gasteiger charge is 2.15. The van der Waals surface area contributed by atoms with Gasteiger partial charge < -0.3 is 20.1 Å². The van der Waals surface area contributed by atoms with Crippen LogP contribution in [0.3, 0.4) is 0 Å². The van der Waals surface area contributed by atoms with Crippen molar-refractivity contribution in [1.82, 2.24) is 15.5 Å². The van der Waals surface area contributed by atoms with Crippen molar-refractivity contribution in [3.63, 3.8) is 0 Å². The topological polar surface area (TPSA) is 114 Å². The lowest BCUT2D eigenvalue weighted by Gasteiger charge is -2.05. The molecule has 0 radical (unpaired) electrons. The molecule has 4 rings (SSSR count). The zero-order chi connectivity index (χ0) is 20.1.